The van der Waals surface area contributed by atoms with Crippen molar-refractivity contribution in [3.8, 4) is 0 Å². The summed E-state index contributed by atoms with van der Waals surface area (Å²) < 4.78 is 36.3. The molecule has 0 spiro atoms. The summed E-state index contributed by atoms with van der Waals surface area (Å²) in [5.74, 6) is 0.612. The molecule has 2 aromatic heterocycles. The first-order valence-electron chi connectivity index (χ1n) is 9.21. The molecular weight excluding hydrogens is 376 g/mol. The van der Waals surface area contributed by atoms with Crippen molar-refractivity contribution in [2.45, 2.75) is 71.2 Å². The van der Waals surface area contributed by atoms with E-state index in [1.165, 1.54) is 0 Å². The van der Waals surface area contributed by atoms with Gasteiger partial charge in [-0.05, 0) is 52.8 Å². The number of sulfonamides is 1. The van der Waals surface area contributed by atoms with E-state index < -0.39 is 10.0 Å². The van der Waals surface area contributed by atoms with Crippen LogP contribution < -0.4 is 4.72 Å². The van der Waals surface area contributed by atoms with E-state index >= 15 is 0 Å². The number of nitrogens with one attached hydrogen (secondary N) is 1. The molecular formula is C20H28N4O3S. The van der Waals surface area contributed by atoms with Crippen molar-refractivity contribution in [1.82, 2.24) is 14.8 Å². The van der Waals surface area contributed by atoms with Gasteiger partial charge in [0.2, 0.25) is 5.89 Å². The first-order valence-corrected chi connectivity index (χ1v) is 10.7. The second-order valence-electron chi connectivity index (χ2n) is 9.14. The van der Waals surface area contributed by atoms with E-state index in [1.54, 1.807) is 36.7 Å². The fraction of sp³-hybridized carbons (Fsp3) is 0.500. The van der Waals surface area contributed by atoms with Crippen LogP contribution >= 0.6 is 0 Å². The van der Waals surface area contributed by atoms with E-state index in [0.29, 0.717) is 34.1 Å². The second kappa shape index (κ2) is 6.34. The Morgan fingerprint density at radius 2 is 1.71 bits per heavy atom. The van der Waals surface area contributed by atoms with E-state index in [1.807, 2.05) is 41.5 Å². The second-order valence-corrected chi connectivity index (χ2v) is 10.8. The van der Waals surface area contributed by atoms with Crippen molar-refractivity contribution < 1.29 is 12.8 Å². The Hall–Kier alpha value is -2.35. The molecule has 0 amide bonds. The standard InChI is InChI=1S/C20H28N4O3S/c1-12-17(13(2)24(22-12)20(6,7)8)28(25,26)23-14-9-10-16-15(11-14)21-18(27-16)19(3,4)5/h9-11,23H,1-8H3. The van der Waals surface area contributed by atoms with Crippen LogP contribution in [0.3, 0.4) is 0 Å². The first kappa shape index (κ1) is 20.4. The van der Waals surface area contributed by atoms with Gasteiger partial charge in [-0.25, -0.2) is 13.4 Å². The molecule has 1 aromatic carbocycles. The third-order valence-electron chi connectivity index (χ3n) is 4.41. The maximum Gasteiger partial charge on any atom is 0.265 e. The first-order chi connectivity index (χ1) is 12.7. The van der Waals surface area contributed by atoms with Crippen LogP contribution in [0.15, 0.2) is 27.5 Å². The van der Waals surface area contributed by atoms with Gasteiger partial charge >= 0.3 is 0 Å². The number of aromatic nitrogens is 3. The number of rotatable bonds is 3. The summed E-state index contributed by atoms with van der Waals surface area (Å²) >= 11 is 0. The summed E-state index contributed by atoms with van der Waals surface area (Å²) in [6.45, 7) is 15.5. The van der Waals surface area contributed by atoms with Crippen molar-refractivity contribution in [1.29, 1.82) is 0 Å². The summed E-state index contributed by atoms with van der Waals surface area (Å²) in [4.78, 5) is 4.71. The summed E-state index contributed by atoms with van der Waals surface area (Å²) in [7, 11) is -3.80. The molecule has 0 unspecified atom stereocenters. The number of aryl methyl sites for hydroxylation is 1. The van der Waals surface area contributed by atoms with Crippen molar-refractivity contribution in [2.24, 2.45) is 0 Å². The number of fused-ring (bicyclic) bond motifs is 1. The number of hydrogen-bond acceptors (Lipinski definition) is 5. The SMILES string of the molecule is Cc1nn(C(C)(C)C)c(C)c1S(=O)(=O)Nc1ccc2oc(C(C)(C)C)nc2c1. The van der Waals surface area contributed by atoms with Gasteiger partial charge in [-0.15, -0.1) is 0 Å². The zero-order chi connectivity index (χ0) is 21.1. The Labute approximate surface area is 166 Å². The molecule has 0 aliphatic heterocycles. The van der Waals surface area contributed by atoms with Crippen LogP contribution in [0.2, 0.25) is 0 Å². The molecule has 0 saturated heterocycles. The van der Waals surface area contributed by atoms with Crippen LogP contribution in [-0.2, 0) is 21.0 Å². The van der Waals surface area contributed by atoms with Crippen LogP contribution in [0, 0.1) is 13.8 Å². The smallest absolute Gasteiger partial charge is 0.265 e. The van der Waals surface area contributed by atoms with Crippen LogP contribution in [0.25, 0.3) is 11.1 Å². The van der Waals surface area contributed by atoms with Crippen molar-refractivity contribution in [2.75, 3.05) is 4.72 Å². The summed E-state index contributed by atoms with van der Waals surface area (Å²) in [5, 5.41) is 4.44. The number of benzene rings is 1. The van der Waals surface area contributed by atoms with Crippen molar-refractivity contribution >= 4 is 26.8 Å². The predicted molar refractivity (Wildman–Crippen MR) is 110 cm³/mol. The Balaban J connectivity index is 2.00. The van der Waals surface area contributed by atoms with Gasteiger partial charge in [0.05, 0.1) is 22.6 Å². The Morgan fingerprint density at radius 3 is 2.25 bits per heavy atom. The van der Waals surface area contributed by atoms with Crippen LogP contribution in [0.4, 0.5) is 5.69 Å². The maximum atomic E-state index is 13.1. The van der Waals surface area contributed by atoms with Gasteiger partial charge in [0, 0.05) is 5.41 Å². The quantitative estimate of drug-likeness (QED) is 0.694. The summed E-state index contributed by atoms with van der Waals surface area (Å²) in [6.07, 6.45) is 0. The largest absolute Gasteiger partial charge is 0.440 e. The number of nitrogens with zero attached hydrogens (tertiary/aromatic N) is 3. The van der Waals surface area contributed by atoms with Crippen molar-refractivity contribution in [3.63, 3.8) is 0 Å². The monoisotopic (exact) mass is 404 g/mol. The van der Waals surface area contributed by atoms with Crippen LogP contribution in [0.5, 0.6) is 0 Å². The van der Waals surface area contributed by atoms with Gasteiger partial charge in [0.25, 0.3) is 10.0 Å². The molecule has 3 aromatic rings. The molecule has 0 atom stereocenters. The third-order valence-corrected chi connectivity index (χ3v) is 6.04. The summed E-state index contributed by atoms with van der Waals surface area (Å²) in [6, 6.07) is 5.09. The van der Waals surface area contributed by atoms with Gasteiger partial charge in [0.1, 0.15) is 10.4 Å². The van der Waals surface area contributed by atoms with Gasteiger partial charge in [-0.3, -0.25) is 9.40 Å². The van der Waals surface area contributed by atoms with Gasteiger partial charge in [0.15, 0.2) is 5.58 Å². The molecule has 0 saturated carbocycles. The van der Waals surface area contributed by atoms with Crippen LogP contribution in [0.1, 0.15) is 58.8 Å². The molecule has 2 heterocycles. The van der Waals surface area contributed by atoms with Crippen LogP contribution in [-0.4, -0.2) is 23.2 Å². The van der Waals surface area contributed by atoms with E-state index in [2.05, 4.69) is 14.8 Å². The highest BCUT2D eigenvalue weighted by Crippen LogP contribution is 2.30. The molecule has 0 bridgehead atoms. The number of anilines is 1. The highest BCUT2D eigenvalue weighted by atomic mass is 32.2. The normalized spacial score (nSPS) is 13.3. The third kappa shape index (κ3) is 3.65. The maximum absolute atomic E-state index is 13.1. The lowest BCUT2D eigenvalue weighted by molar-refractivity contribution is 0.345. The van der Waals surface area contributed by atoms with Gasteiger partial charge < -0.3 is 4.42 Å². The Morgan fingerprint density at radius 1 is 1.07 bits per heavy atom. The molecule has 28 heavy (non-hydrogen) atoms. The lowest BCUT2D eigenvalue weighted by Gasteiger charge is -2.21. The van der Waals surface area contributed by atoms with E-state index in [-0.39, 0.29) is 15.8 Å². The van der Waals surface area contributed by atoms with E-state index in [4.69, 9.17) is 4.42 Å². The number of hydrogen-bond donors (Lipinski definition) is 1. The Bertz CT molecular complexity index is 1140. The molecule has 0 radical (unpaired) electrons. The highest BCUT2D eigenvalue weighted by molar-refractivity contribution is 7.92. The predicted octanol–water partition coefficient (Wildman–Crippen LogP) is 4.49. The average molecular weight is 405 g/mol. The minimum atomic E-state index is -3.80. The van der Waals surface area contributed by atoms with E-state index in [9.17, 15) is 8.42 Å². The van der Waals surface area contributed by atoms with Crippen molar-refractivity contribution in [3.05, 3.63) is 35.5 Å². The molecule has 1 N–H and O–H groups in total. The van der Waals surface area contributed by atoms with Gasteiger partial charge in [-0.2, -0.15) is 5.10 Å². The highest BCUT2D eigenvalue weighted by Gasteiger charge is 2.29. The minimum absolute atomic E-state index is 0.207. The zero-order valence-corrected chi connectivity index (χ0v) is 18.5. The fourth-order valence-corrected chi connectivity index (χ4v) is 4.63. The lowest BCUT2D eigenvalue weighted by Crippen LogP contribution is -2.25. The minimum Gasteiger partial charge on any atom is -0.440 e. The number of oxazole rings is 1. The Kier molecular flexibility index (Phi) is 4.61. The topological polar surface area (TPSA) is 90.0 Å². The average Bonchev–Trinajstić information content (AvgIpc) is 3.06. The molecule has 7 nitrogen and oxygen atoms in total. The molecule has 8 heteroatoms. The zero-order valence-electron chi connectivity index (χ0n) is 17.7. The molecule has 152 valence electrons. The molecule has 0 aliphatic rings. The molecule has 3 rings (SSSR count). The summed E-state index contributed by atoms with van der Waals surface area (Å²) in [5.41, 5.74) is 2.21. The molecule has 0 aliphatic carbocycles. The fourth-order valence-electron chi connectivity index (χ4n) is 3.19. The lowest BCUT2D eigenvalue weighted by atomic mass is 9.97. The molecule has 0 fully saturated rings. The van der Waals surface area contributed by atoms with E-state index in [0.717, 1.165) is 0 Å². The van der Waals surface area contributed by atoms with Gasteiger partial charge in [-0.1, -0.05) is 20.8 Å².